The van der Waals surface area contributed by atoms with E-state index in [1.807, 2.05) is 48.5 Å². The Balaban J connectivity index is 1.84. The number of hydrogen-bond donors (Lipinski definition) is 1. The monoisotopic (exact) mass is 305 g/mol. The average molecular weight is 306 g/mol. The first kappa shape index (κ1) is 15.7. The number of halogens is 1. The van der Waals surface area contributed by atoms with E-state index in [2.05, 4.69) is 0 Å². The van der Waals surface area contributed by atoms with Gasteiger partial charge in [-0.15, -0.1) is 0 Å². The van der Waals surface area contributed by atoms with Crippen LogP contribution in [0.15, 0.2) is 48.5 Å². The van der Waals surface area contributed by atoms with Gasteiger partial charge < -0.3 is 15.2 Å². The smallest absolute Gasteiger partial charge is 0.122 e. The molecule has 2 N–H and O–H groups in total. The molecule has 2 rings (SSSR count). The predicted octanol–water partition coefficient (Wildman–Crippen LogP) is 3.69. The minimum absolute atomic E-state index is 0.000999. The number of para-hydroxylation sites is 1. The largest absolute Gasteiger partial charge is 0.496 e. The van der Waals surface area contributed by atoms with E-state index in [1.165, 1.54) is 0 Å². The van der Waals surface area contributed by atoms with Crippen molar-refractivity contribution in [3.05, 3.63) is 59.1 Å². The molecule has 0 radical (unpaired) electrons. The summed E-state index contributed by atoms with van der Waals surface area (Å²) in [6.07, 6.45) is 1.48. The molecule has 2 aromatic carbocycles. The molecule has 3 nitrogen and oxygen atoms in total. The highest BCUT2D eigenvalue weighted by Gasteiger charge is 2.10. The minimum Gasteiger partial charge on any atom is -0.496 e. The van der Waals surface area contributed by atoms with E-state index in [-0.39, 0.29) is 6.04 Å². The van der Waals surface area contributed by atoms with Crippen molar-refractivity contribution in [3.8, 4) is 11.5 Å². The van der Waals surface area contributed by atoms with Gasteiger partial charge in [-0.1, -0.05) is 29.8 Å². The average Bonchev–Trinajstić information content (AvgIpc) is 2.48. The van der Waals surface area contributed by atoms with Crippen LogP contribution >= 0.6 is 11.6 Å². The molecular formula is C17H20ClNO2. The van der Waals surface area contributed by atoms with Crippen molar-refractivity contribution in [1.29, 1.82) is 0 Å². The standard InChI is InChI=1S/C17H20ClNO2/c1-20-17-8-7-14(18)11-13(17)12-15(19)9-10-21-16-5-3-2-4-6-16/h2-8,11,15H,9-10,12,19H2,1H3. The van der Waals surface area contributed by atoms with Crippen molar-refractivity contribution in [3.63, 3.8) is 0 Å². The van der Waals surface area contributed by atoms with Gasteiger partial charge in [-0.25, -0.2) is 0 Å². The van der Waals surface area contributed by atoms with Crippen LogP contribution in [0.1, 0.15) is 12.0 Å². The fraction of sp³-hybridized carbons (Fsp3) is 0.294. The van der Waals surface area contributed by atoms with Crippen molar-refractivity contribution in [2.24, 2.45) is 5.73 Å². The normalized spacial score (nSPS) is 12.0. The molecule has 112 valence electrons. The Bertz CT molecular complexity index is 560. The Morgan fingerprint density at radius 3 is 2.62 bits per heavy atom. The highest BCUT2D eigenvalue weighted by atomic mass is 35.5. The molecule has 0 heterocycles. The van der Waals surface area contributed by atoms with Gasteiger partial charge in [0.1, 0.15) is 11.5 Å². The molecule has 2 aromatic rings. The second kappa shape index (κ2) is 7.91. The highest BCUT2D eigenvalue weighted by Crippen LogP contribution is 2.24. The van der Waals surface area contributed by atoms with Crippen LogP contribution in [0.25, 0.3) is 0 Å². The van der Waals surface area contributed by atoms with Gasteiger partial charge in [0.25, 0.3) is 0 Å². The first-order valence-corrected chi connectivity index (χ1v) is 7.32. The maximum atomic E-state index is 6.16. The maximum Gasteiger partial charge on any atom is 0.122 e. The summed E-state index contributed by atoms with van der Waals surface area (Å²) in [5, 5.41) is 0.693. The van der Waals surface area contributed by atoms with Crippen LogP contribution in [-0.2, 0) is 6.42 Å². The van der Waals surface area contributed by atoms with Gasteiger partial charge in [-0.3, -0.25) is 0 Å². The number of rotatable bonds is 7. The van der Waals surface area contributed by atoms with Gasteiger partial charge in [0.15, 0.2) is 0 Å². The molecule has 21 heavy (non-hydrogen) atoms. The molecule has 0 saturated heterocycles. The fourth-order valence-corrected chi connectivity index (χ4v) is 2.33. The highest BCUT2D eigenvalue weighted by molar-refractivity contribution is 6.30. The Labute approximate surface area is 130 Å². The third-order valence-corrected chi connectivity index (χ3v) is 3.46. The third-order valence-electron chi connectivity index (χ3n) is 3.23. The van der Waals surface area contributed by atoms with Gasteiger partial charge in [0.05, 0.1) is 13.7 Å². The van der Waals surface area contributed by atoms with Crippen LogP contribution in [-0.4, -0.2) is 19.8 Å². The summed E-state index contributed by atoms with van der Waals surface area (Å²) in [5.74, 6) is 1.68. The summed E-state index contributed by atoms with van der Waals surface area (Å²) >= 11 is 6.02. The molecule has 0 spiro atoms. The lowest BCUT2D eigenvalue weighted by Crippen LogP contribution is -2.25. The molecule has 0 aliphatic rings. The van der Waals surface area contributed by atoms with E-state index in [9.17, 15) is 0 Å². The molecule has 0 fully saturated rings. The van der Waals surface area contributed by atoms with E-state index in [4.69, 9.17) is 26.8 Å². The summed E-state index contributed by atoms with van der Waals surface area (Å²) in [6.45, 7) is 0.591. The molecule has 0 aliphatic carbocycles. The van der Waals surface area contributed by atoms with E-state index in [0.29, 0.717) is 18.1 Å². The second-order valence-corrected chi connectivity index (χ2v) is 5.31. The van der Waals surface area contributed by atoms with Gasteiger partial charge in [-0.2, -0.15) is 0 Å². The van der Waals surface area contributed by atoms with Crippen molar-refractivity contribution in [1.82, 2.24) is 0 Å². The molecular weight excluding hydrogens is 286 g/mol. The van der Waals surface area contributed by atoms with E-state index < -0.39 is 0 Å². The predicted molar refractivity (Wildman–Crippen MR) is 86.2 cm³/mol. The van der Waals surface area contributed by atoms with Crippen molar-refractivity contribution in [2.45, 2.75) is 18.9 Å². The van der Waals surface area contributed by atoms with Crippen molar-refractivity contribution in [2.75, 3.05) is 13.7 Å². The Hall–Kier alpha value is -1.71. The van der Waals surface area contributed by atoms with Crippen LogP contribution in [0.2, 0.25) is 5.02 Å². The van der Waals surface area contributed by atoms with Crippen LogP contribution in [0.3, 0.4) is 0 Å². The van der Waals surface area contributed by atoms with Crippen LogP contribution < -0.4 is 15.2 Å². The van der Waals surface area contributed by atoms with E-state index >= 15 is 0 Å². The summed E-state index contributed by atoms with van der Waals surface area (Å²) in [6, 6.07) is 15.3. The Kier molecular flexibility index (Phi) is 5.90. The number of ether oxygens (including phenoxy) is 2. The SMILES string of the molecule is COc1ccc(Cl)cc1CC(N)CCOc1ccccc1. The molecule has 0 aliphatic heterocycles. The molecule has 0 bridgehead atoms. The van der Waals surface area contributed by atoms with Gasteiger partial charge in [-0.05, 0) is 48.7 Å². The van der Waals surface area contributed by atoms with E-state index in [1.54, 1.807) is 7.11 Å². The summed E-state index contributed by atoms with van der Waals surface area (Å²) in [4.78, 5) is 0. The fourth-order valence-electron chi connectivity index (χ4n) is 2.14. The zero-order valence-electron chi connectivity index (χ0n) is 12.1. The molecule has 1 unspecified atom stereocenters. The first-order chi connectivity index (χ1) is 10.2. The number of nitrogens with two attached hydrogens (primary N) is 1. The quantitative estimate of drug-likeness (QED) is 0.848. The van der Waals surface area contributed by atoms with Crippen molar-refractivity contribution < 1.29 is 9.47 Å². The lowest BCUT2D eigenvalue weighted by Gasteiger charge is -2.15. The third kappa shape index (κ3) is 4.96. The second-order valence-electron chi connectivity index (χ2n) is 4.87. The van der Waals surface area contributed by atoms with Gasteiger partial charge in [0, 0.05) is 11.1 Å². The van der Waals surface area contributed by atoms with Gasteiger partial charge in [0.2, 0.25) is 0 Å². The maximum absolute atomic E-state index is 6.16. The summed E-state index contributed by atoms with van der Waals surface area (Å²) in [5.41, 5.74) is 7.19. The topological polar surface area (TPSA) is 44.5 Å². The van der Waals surface area contributed by atoms with E-state index in [0.717, 1.165) is 23.5 Å². The Morgan fingerprint density at radius 2 is 1.90 bits per heavy atom. The summed E-state index contributed by atoms with van der Waals surface area (Å²) in [7, 11) is 1.65. The molecule has 1 atom stereocenters. The zero-order valence-corrected chi connectivity index (χ0v) is 12.8. The van der Waals surface area contributed by atoms with Crippen LogP contribution in [0.5, 0.6) is 11.5 Å². The molecule has 0 aromatic heterocycles. The lowest BCUT2D eigenvalue weighted by atomic mass is 10.0. The lowest BCUT2D eigenvalue weighted by molar-refractivity contribution is 0.296. The number of benzene rings is 2. The van der Waals surface area contributed by atoms with Crippen LogP contribution in [0, 0.1) is 0 Å². The number of hydrogen-bond acceptors (Lipinski definition) is 3. The van der Waals surface area contributed by atoms with Gasteiger partial charge >= 0.3 is 0 Å². The van der Waals surface area contributed by atoms with Crippen molar-refractivity contribution >= 4 is 11.6 Å². The first-order valence-electron chi connectivity index (χ1n) is 6.95. The molecule has 4 heteroatoms. The molecule has 0 amide bonds. The molecule has 0 saturated carbocycles. The Morgan fingerprint density at radius 1 is 1.14 bits per heavy atom. The minimum atomic E-state index is 0.000999. The van der Waals surface area contributed by atoms with Crippen LogP contribution in [0.4, 0.5) is 0 Å². The summed E-state index contributed by atoms with van der Waals surface area (Å²) < 4.78 is 11.0. The number of methoxy groups -OCH3 is 1. The zero-order chi connectivity index (χ0) is 15.1.